The zero-order valence-corrected chi connectivity index (χ0v) is 16.8. The van der Waals surface area contributed by atoms with Crippen molar-refractivity contribution in [3.05, 3.63) is 54.4 Å². The molecule has 0 spiro atoms. The molecule has 0 unspecified atom stereocenters. The lowest BCUT2D eigenvalue weighted by molar-refractivity contribution is -0.127. The first-order valence-electron chi connectivity index (χ1n) is 8.34. The Bertz CT molecular complexity index is 708. The molecule has 0 fully saturated rings. The van der Waals surface area contributed by atoms with Crippen LogP contribution in [0.25, 0.3) is 0 Å². The van der Waals surface area contributed by atoms with Crippen LogP contribution in [-0.2, 0) is 19.6 Å². The van der Waals surface area contributed by atoms with E-state index >= 15 is 0 Å². The SMILES string of the molecule is C=C.CCC(=O)N(C)C1=C(CC)OCC1.Cc1ccc(S(=O)(=O)[O-])cc1. The lowest BCUT2D eigenvalue weighted by Crippen LogP contribution is -2.25. The van der Waals surface area contributed by atoms with E-state index in [2.05, 4.69) is 13.2 Å². The highest BCUT2D eigenvalue weighted by Crippen LogP contribution is 2.24. The van der Waals surface area contributed by atoms with Crippen LogP contribution in [0.1, 0.15) is 38.7 Å². The highest BCUT2D eigenvalue weighted by Gasteiger charge is 2.21. The topological polar surface area (TPSA) is 86.7 Å². The molecule has 1 aromatic carbocycles. The minimum atomic E-state index is -4.27. The van der Waals surface area contributed by atoms with Crippen molar-refractivity contribution in [2.45, 2.75) is 44.9 Å². The van der Waals surface area contributed by atoms with E-state index in [9.17, 15) is 17.8 Å². The summed E-state index contributed by atoms with van der Waals surface area (Å²) in [6.07, 6.45) is 2.29. The Balaban J connectivity index is 0.000000444. The standard InChI is InChI=1S/C10H17NO2.C7H8O3S.C2H4/c1-4-9-8(6-7-13-9)11(3)10(12)5-2;1-6-2-4-7(5-3-6)11(8,9)10;1-2/h4-7H2,1-3H3;2-5H,1H3,(H,8,9,10);1-2H2/p-1. The number of carbonyl (C=O) groups excluding carboxylic acids is 1. The molecule has 1 heterocycles. The average Bonchev–Trinajstić information content (AvgIpc) is 3.11. The number of rotatable bonds is 4. The van der Waals surface area contributed by atoms with Gasteiger partial charge in [-0.3, -0.25) is 4.79 Å². The predicted molar refractivity (Wildman–Crippen MR) is 101 cm³/mol. The summed E-state index contributed by atoms with van der Waals surface area (Å²) in [4.78, 5) is 12.9. The van der Waals surface area contributed by atoms with Crippen LogP contribution in [0.5, 0.6) is 0 Å². The number of benzene rings is 1. The van der Waals surface area contributed by atoms with Gasteiger partial charge in [0.05, 0.1) is 17.2 Å². The van der Waals surface area contributed by atoms with Crippen LogP contribution in [0.3, 0.4) is 0 Å². The molecule has 0 saturated heterocycles. The third-order valence-electron chi connectivity index (χ3n) is 3.65. The Morgan fingerprint density at radius 3 is 2.19 bits per heavy atom. The fourth-order valence-electron chi connectivity index (χ4n) is 2.25. The highest BCUT2D eigenvalue weighted by atomic mass is 32.2. The van der Waals surface area contributed by atoms with Gasteiger partial charge in [-0.25, -0.2) is 8.42 Å². The van der Waals surface area contributed by atoms with Crippen LogP contribution in [0, 0.1) is 6.92 Å². The summed E-state index contributed by atoms with van der Waals surface area (Å²) >= 11 is 0. The summed E-state index contributed by atoms with van der Waals surface area (Å²) in [6.45, 7) is 12.5. The summed E-state index contributed by atoms with van der Waals surface area (Å²) in [5.41, 5.74) is 1.99. The van der Waals surface area contributed by atoms with E-state index in [0.29, 0.717) is 6.42 Å². The molecule has 0 aliphatic carbocycles. The maximum atomic E-state index is 11.4. The predicted octanol–water partition coefficient (Wildman–Crippen LogP) is 3.60. The van der Waals surface area contributed by atoms with Crippen LogP contribution in [0.15, 0.2) is 53.8 Å². The van der Waals surface area contributed by atoms with E-state index in [4.69, 9.17) is 4.74 Å². The van der Waals surface area contributed by atoms with Gasteiger partial charge in [-0.1, -0.05) is 31.5 Å². The van der Waals surface area contributed by atoms with Crippen molar-refractivity contribution in [3.8, 4) is 0 Å². The average molecular weight is 383 g/mol. The summed E-state index contributed by atoms with van der Waals surface area (Å²) in [7, 11) is -2.44. The third-order valence-corrected chi connectivity index (χ3v) is 4.50. The van der Waals surface area contributed by atoms with Gasteiger partial charge in [-0.2, -0.15) is 0 Å². The van der Waals surface area contributed by atoms with Crippen molar-refractivity contribution in [1.82, 2.24) is 4.90 Å². The first-order chi connectivity index (χ1) is 12.2. The third kappa shape index (κ3) is 7.41. The molecule has 1 aliphatic heterocycles. The van der Waals surface area contributed by atoms with Crippen LogP contribution in [-0.4, -0.2) is 37.4 Å². The summed E-state index contributed by atoms with van der Waals surface area (Å²) < 4.78 is 36.6. The number of aryl methyl sites for hydroxylation is 1. The second kappa shape index (κ2) is 11.5. The van der Waals surface area contributed by atoms with Crippen LogP contribution < -0.4 is 0 Å². The number of allylic oxidation sites excluding steroid dienone is 1. The number of hydrogen-bond acceptors (Lipinski definition) is 5. The fourth-order valence-corrected chi connectivity index (χ4v) is 2.72. The van der Waals surface area contributed by atoms with Gasteiger partial charge < -0.3 is 14.2 Å². The van der Waals surface area contributed by atoms with Crippen molar-refractivity contribution in [3.63, 3.8) is 0 Å². The number of amides is 1. The van der Waals surface area contributed by atoms with Crippen molar-refractivity contribution in [2.24, 2.45) is 0 Å². The van der Waals surface area contributed by atoms with E-state index in [0.717, 1.165) is 36.5 Å². The first-order valence-corrected chi connectivity index (χ1v) is 9.75. The lowest BCUT2D eigenvalue weighted by Gasteiger charge is -2.17. The molecule has 0 aromatic heterocycles. The molecular weight excluding hydrogens is 354 g/mol. The van der Waals surface area contributed by atoms with Gasteiger partial charge in [-0.15, -0.1) is 13.2 Å². The number of ether oxygens (including phenoxy) is 1. The maximum absolute atomic E-state index is 11.4. The fraction of sp³-hybridized carbons (Fsp3) is 0.421. The van der Waals surface area contributed by atoms with Gasteiger partial charge in [0.1, 0.15) is 15.9 Å². The molecule has 0 N–H and O–H groups in total. The van der Waals surface area contributed by atoms with Crippen LogP contribution >= 0.6 is 0 Å². The maximum Gasteiger partial charge on any atom is 0.226 e. The molecule has 0 bridgehead atoms. The van der Waals surface area contributed by atoms with Gasteiger partial charge in [-0.05, 0) is 19.1 Å². The first kappa shape index (κ1) is 23.9. The van der Waals surface area contributed by atoms with Gasteiger partial charge in [0.2, 0.25) is 5.91 Å². The Morgan fingerprint density at radius 2 is 1.77 bits per heavy atom. The van der Waals surface area contributed by atoms with E-state index in [1.165, 1.54) is 12.1 Å². The Hall–Kier alpha value is -2.12. The minimum absolute atomic E-state index is 0.159. The van der Waals surface area contributed by atoms with Gasteiger partial charge in [0.25, 0.3) is 0 Å². The molecule has 0 saturated carbocycles. The zero-order valence-electron chi connectivity index (χ0n) is 15.9. The molecule has 1 aliphatic rings. The smallest absolute Gasteiger partial charge is 0.226 e. The molecule has 6 nitrogen and oxygen atoms in total. The Labute approximate surface area is 156 Å². The second-order valence-corrected chi connectivity index (χ2v) is 6.78. The van der Waals surface area contributed by atoms with E-state index < -0.39 is 10.1 Å². The largest absolute Gasteiger partial charge is 0.744 e. The number of nitrogens with zero attached hydrogens (tertiary/aromatic N) is 1. The monoisotopic (exact) mass is 382 g/mol. The molecule has 7 heteroatoms. The Morgan fingerprint density at radius 1 is 1.23 bits per heavy atom. The van der Waals surface area contributed by atoms with E-state index in [1.807, 2.05) is 27.8 Å². The van der Waals surface area contributed by atoms with E-state index in [1.54, 1.807) is 17.0 Å². The van der Waals surface area contributed by atoms with E-state index in [-0.39, 0.29) is 10.8 Å². The van der Waals surface area contributed by atoms with Crippen molar-refractivity contribution in [1.29, 1.82) is 0 Å². The summed E-state index contributed by atoms with van der Waals surface area (Å²) in [5, 5.41) is 0. The highest BCUT2D eigenvalue weighted by molar-refractivity contribution is 7.85. The number of hydrogen-bond donors (Lipinski definition) is 0. The second-order valence-electron chi connectivity index (χ2n) is 5.40. The van der Waals surface area contributed by atoms with Gasteiger partial charge >= 0.3 is 0 Å². The van der Waals surface area contributed by atoms with Gasteiger partial charge in [0, 0.05) is 26.3 Å². The molecule has 2 rings (SSSR count). The Kier molecular flexibility index (Phi) is 10.6. The molecule has 1 aromatic rings. The minimum Gasteiger partial charge on any atom is -0.744 e. The normalized spacial score (nSPS) is 13.0. The quantitative estimate of drug-likeness (QED) is 0.586. The molecule has 0 atom stereocenters. The molecule has 146 valence electrons. The number of carbonyl (C=O) groups is 1. The lowest BCUT2D eigenvalue weighted by atomic mass is 10.2. The summed E-state index contributed by atoms with van der Waals surface area (Å²) in [6, 6.07) is 5.78. The van der Waals surface area contributed by atoms with Crippen molar-refractivity contribution >= 4 is 16.0 Å². The van der Waals surface area contributed by atoms with Crippen LogP contribution in [0.2, 0.25) is 0 Å². The van der Waals surface area contributed by atoms with Crippen molar-refractivity contribution < 1.29 is 22.5 Å². The van der Waals surface area contributed by atoms with Crippen molar-refractivity contribution in [2.75, 3.05) is 13.7 Å². The zero-order chi connectivity index (χ0) is 20.3. The van der Waals surface area contributed by atoms with Gasteiger partial charge in [0.15, 0.2) is 0 Å². The molecular formula is C19H28NO5S-. The molecule has 26 heavy (non-hydrogen) atoms. The molecule has 0 radical (unpaired) electrons. The summed E-state index contributed by atoms with van der Waals surface area (Å²) in [5.74, 6) is 1.13. The van der Waals surface area contributed by atoms with Crippen LogP contribution in [0.4, 0.5) is 0 Å². The molecule has 1 amide bonds.